The highest BCUT2D eigenvalue weighted by Gasteiger charge is 2.10. The second-order valence-corrected chi connectivity index (χ2v) is 2.16. The fraction of sp³-hybridized carbons (Fsp3) is 1.00. The van der Waals surface area contributed by atoms with Gasteiger partial charge in [0.15, 0.2) is 0 Å². The Balaban J connectivity index is 2.13. The van der Waals surface area contributed by atoms with Gasteiger partial charge in [-0.15, -0.1) is 11.6 Å². The molecule has 1 heterocycles. The lowest BCUT2D eigenvalue weighted by Gasteiger charge is -2.20. The summed E-state index contributed by atoms with van der Waals surface area (Å²) in [6.07, 6.45) is 0.241. The Bertz CT molecular complexity index is 63.4. The van der Waals surface area contributed by atoms with Crippen LogP contribution in [0.4, 0.5) is 0 Å². The fourth-order valence-corrected chi connectivity index (χ4v) is 0.917. The summed E-state index contributed by atoms with van der Waals surface area (Å²) in [5, 5.41) is 3.18. The molecule has 2 nitrogen and oxygen atoms in total. The Hall–Kier alpha value is 0.210. The Morgan fingerprint density at radius 2 is 2.62 bits per heavy atom. The van der Waals surface area contributed by atoms with E-state index in [1.54, 1.807) is 0 Å². The van der Waals surface area contributed by atoms with Gasteiger partial charge in [0.05, 0.1) is 12.7 Å². The molecule has 0 saturated carbocycles. The number of nitrogens with one attached hydrogen (secondary N) is 1. The molecule has 1 rings (SSSR count). The van der Waals surface area contributed by atoms with Crippen molar-refractivity contribution in [1.29, 1.82) is 0 Å². The summed E-state index contributed by atoms with van der Waals surface area (Å²) in [4.78, 5) is 0. The van der Waals surface area contributed by atoms with E-state index in [0.29, 0.717) is 5.88 Å². The van der Waals surface area contributed by atoms with Gasteiger partial charge in [-0.3, -0.25) is 0 Å². The lowest BCUT2D eigenvalue weighted by molar-refractivity contribution is 0.0432. The van der Waals surface area contributed by atoms with Gasteiger partial charge in [-0.05, 0) is 0 Å². The highest BCUT2D eigenvalue weighted by atomic mass is 35.5. The maximum atomic E-state index is 5.52. The summed E-state index contributed by atoms with van der Waals surface area (Å²) in [5.74, 6) is 0.604. The van der Waals surface area contributed by atoms with Gasteiger partial charge in [-0.1, -0.05) is 0 Å². The molecule has 1 atom stereocenters. The summed E-state index contributed by atoms with van der Waals surface area (Å²) in [7, 11) is 0. The van der Waals surface area contributed by atoms with E-state index in [1.807, 2.05) is 0 Å². The number of halogens is 1. The van der Waals surface area contributed by atoms with Gasteiger partial charge in [0, 0.05) is 19.0 Å². The molecular weight excluding hydrogens is 126 g/mol. The van der Waals surface area contributed by atoms with E-state index in [4.69, 9.17) is 16.3 Å². The Kier molecular flexibility index (Phi) is 2.59. The molecule has 0 aromatic carbocycles. The molecule has 0 unspecified atom stereocenters. The summed E-state index contributed by atoms with van der Waals surface area (Å²) in [6.45, 7) is 2.67. The largest absolute Gasteiger partial charge is 0.374 e. The van der Waals surface area contributed by atoms with Gasteiger partial charge < -0.3 is 10.1 Å². The van der Waals surface area contributed by atoms with Crippen LogP contribution in [0.1, 0.15) is 0 Å². The van der Waals surface area contributed by atoms with Crippen LogP contribution in [0.3, 0.4) is 0 Å². The molecule has 0 spiro atoms. The topological polar surface area (TPSA) is 21.3 Å². The minimum atomic E-state index is 0.241. The van der Waals surface area contributed by atoms with Gasteiger partial charge in [-0.25, -0.2) is 0 Å². The lowest BCUT2D eigenvalue weighted by atomic mass is 10.3. The van der Waals surface area contributed by atoms with Crippen LogP contribution in [0, 0.1) is 0 Å². The van der Waals surface area contributed by atoms with Crippen LogP contribution in [0.5, 0.6) is 0 Å². The Morgan fingerprint density at radius 1 is 1.75 bits per heavy atom. The molecular formula is C5H10ClNO. The zero-order valence-corrected chi connectivity index (χ0v) is 5.45. The van der Waals surface area contributed by atoms with Crippen LogP contribution < -0.4 is 5.32 Å². The number of alkyl halides is 1. The van der Waals surface area contributed by atoms with Crippen molar-refractivity contribution in [2.24, 2.45) is 0 Å². The minimum Gasteiger partial charge on any atom is -0.374 e. The number of hydrogen-bond donors (Lipinski definition) is 1. The van der Waals surface area contributed by atoms with Gasteiger partial charge in [0.1, 0.15) is 0 Å². The van der Waals surface area contributed by atoms with E-state index < -0.39 is 0 Å². The van der Waals surface area contributed by atoms with Gasteiger partial charge >= 0.3 is 0 Å². The van der Waals surface area contributed by atoms with Crippen LogP contribution in [0.15, 0.2) is 0 Å². The minimum absolute atomic E-state index is 0.241. The molecule has 0 aliphatic carbocycles. The number of hydrogen-bond acceptors (Lipinski definition) is 2. The lowest BCUT2D eigenvalue weighted by Crippen LogP contribution is -2.39. The van der Waals surface area contributed by atoms with Gasteiger partial charge in [-0.2, -0.15) is 0 Å². The predicted octanol–water partition coefficient (Wildman–Crippen LogP) is 0.214. The number of ether oxygens (including phenoxy) is 1. The standard InChI is InChI=1S/C5H10ClNO/c6-3-5-4-7-1-2-8-5/h5,7H,1-4H2/t5-/m0/s1. The van der Waals surface area contributed by atoms with Crippen LogP contribution >= 0.6 is 11.6 Å². The van der Waals surface area contributed by atoms with Crippen molar-refractivity contribution in [3.63, 3.8) is 0 Å². The van der Waals surface area contributed by atoms with Crippen LogP contribution in [-0.2, 0) is 4.74 Å². The molecule has 0 aromatic rings. The summed E-state index contributed by atoms with van der Waals surface area (Å²) in [5.41, 5.74) is 0. The van der Waals surface area contributed by atoms with Crippen molar-refractivity contribution in [1.82, 2.24) is 5.32 Å². The molecule has 0 aromatic heterocycles. The quantitative estimate of drug-likeness (QED) is 0.520. The third kappa shape index (κ3) is 1.62. The maximum Gasteiger partial charge on any atom is 0.0835 e. The predicted molar refractivity (Wildman–Crippen MR) is 33.3 cm³/mol. The normalized spacial score (nSPS) is 30.4. The van der Waals surface area contributed by atoms with Crippen LogP contribution in [0.2, 0.25) is 0 Å². The molecule has 1 fully saturated rings. The van der Waals surface area contributed by atoms with Crippen molar-refractivity contribution < 1.29 is 4.74 Å². The molecule has 1 saturated heterocycles. The van der Waals surface area contributed by atoms with Crippen molar-refractivity contribution >= 4 is 11.6 Å². The average molecular weight is 136 g/mol. The zero-order valence-electron chi connectivity index (χ0n) is 4.69. The zero-order chi connectivity index (χ0) is 5.82. The molecule has 0 radical (unpaired) electrons. The van der Waals surface area contributed by atoms with E-state index in [2.05, 4.69) is 5.32 Å². The van der Waals surface area contributed by atoms with Crippen molar-refractivity contribution in [2.45, 2.75) is 6.10 Å². The highest BCUT2D eigenvalue weighted by Crippen LogP contribution is 1.96. The second kappa shape index (κ2) is 3.28. The maximum absolute atomic E-state index is 5.52. The molecule has 1 aliphatic heterocycles. The first kappa shape index (κ1) is 6.33. The first-order chi connectivity index (χ1) is 3.93. The van der Waals surface area contributed by atoms with E-state index in [0.717, 1.165) is 19.7 Å². The number of rotatable bonds is 1. The highest BCUT2D eigenvalue weighted by molar-refractivity contribution is 6.18. The molecule has 0 bridgehead atoms. The first-order valence-corrected chi connectivity index (χ1v) is 3.35. The fourth-order valence-electron chi connectivity index (χ4n) is 0.719. The van der Waals surface area contributed by atoms with E-state index >= 15 is 0 Å². The molecule has 1 aliphatic rings. The third-order valence-electron chi connectivity index (χ3n) is 1.18. The van der Waals surface area contributed by atoms with Crippen molar-refractivity contribution in [2.75, 3.05) is 25.6 Å². The summed E-state index contributed by atoms with van der Waals surface area (Å²) in [6, 6.07) is 0. The summed E-state index contributed by atoms with van der Waals surface area (Å²) < 4.78 is 5.23. The molecule has 8 heavy (non-hydrogen) atoms. The average Bonchev–Trinajstić information content (AvgIpc) is 1.90. The SMILES string of the molecule is ClC[C@H]1CNCCO1. The van der Waals surface area contributed by atoms with Crippen molar-refractivity contribution in [3.05, 3.63) is 0 Å². The van der Waals surface area contributed by atoms with Crippen LogP contribution in [-0.4, -0.2) is 31.7 Å². The van der Waals surface area contributed by atoms with Crippen molar-refractivity contribution in [3.8, 4) is 0 Å². The second-order valence-electron chi connectivity index (χ2n) is 1.85. The van der Waals surface area contributed by atoms with E-state index in [1.165, 1.54) is 0 Å². The third-order valence-corrected chi connectivity index (χ3v) is 1.52. The monoisotopic (exact) mass is 135 g/mol. The van der Waals surface area contributed by atoms with Gasteiger partial charge in [0.2, 0.25) is 0 Å². The number of morpholine rings is 1. The Morgan fingerprint density at radius 3 is 3.00 bits per heavy atom. The van der Waals surface area contributed by atoms with Crippen LogP contribution in [0.25, 0.3) is 0 Å². The van der Waals surface area contributed by atoms with Gasteiger partial charge in [0.25, 0.3) is 0 Å². The first-order valence-electron chi connectivity index (χ1n) is 2.82. The molecule has 3 heteroatoms. The molecule has 1 N–H and O–H groups in total. The van der Waals surface area contributed by atoms with E-state index in [9.17, 15) is 0 Å². The molecule has 48 valence electrons. The Labute approximate surface area is 54.2 Å². The van der Waals surface area contributed by atoms with E-state index in [-0.39, 0.29) is 6.10 Å². The molecule has 0 amide bonds. The smallest absolute Gasteiger partial charge is 0.0835 e. The summed E-state index contributed by atoms with van der Waals surface area (Å²) >= 11 is 5.52.